The maximum atomic E-state index is 12.3. The normalized spacial score (nSPS) is 24.4. The van der Waals surface area contributed by atoms with Crippen LogP contribution in [0, 0.1) is 31.1 Å². The predicted molar refractivity (Wildman–Crippen MR) is 118 cm³/mol. The Morgan fingerprint density at radius 1 is 0.750 bits per heavy atom. The molecule has 0 aromatic heterocycles. The maximum absolute atomic E-state index is 12.3. The smallest absolute Gasteiger partial charge is 0.322 e. The van der Waals surface area contributed by atoms with E-state index in [-0.39, 0.29) is 27.9 Å². The van der Waals surface area contributed by atoms with E-state index in [0.29, 0.717) is 38.5 Å². The first kappa shape index (κ1) is 21.4. The molecule has 4 aliphatic heterocycles. The topological polar surface area (TPSA) is 111 Å². The SMILES string of the molecule is O=[N+]([O-])c1ccc(N2CCC3(CCOC3)CC2)c([N+](=O)[O-])c1N1CCC2(CCOC2)CC1. The molecule has 1 aromatic rings. The first-order chi connectivity index (χ1) is 15.4. The van der Waals surface area contributed by atoms with Crippen molar-refractivity contribution >= 4 is 22.7 Å². The van der Waals surface area contributed by atoms with Gasteiger partial charge in [0.2, 0.25) is 0 Å². The number of nitro groups is 2. The van der Waals surface area contributed by atoms with Crippen molar-refractivity contribution in [1.29, 1.82) is 0 Å². The molecule has 1 aromatic carbocycles. The molecule has 10 nitrogen and oxygen atoms in total. The minimum atomic E-state index is -0.490. The van der Waals surface area contributed by atoms with Crippen LogP contribution in [0.1, 0.15) is 38.5 Å². The number of nitrogens with zero attached hydrogens (tertiary/aromatic N) is 4. The fraction of sp³-hybridized carbons (Fsp3) is 0.727. The molecule has 4 fully saturated rings. The quantitative estimate of drug-likeness (QED) is 0.510. The van der Waals surface area contributed by atoms with Crippen molar-refractivity contribution < 1.29 is 19.3 Å². The summed E-state index contributed by atoms with van der Waals surface area (Å²) < 4.78 is 11.2. The Hall–Kier alpha value is -2.46. The minimum Gasteiger partial charge on any atom is -0.381 e. The van der Waals surface area contributed by atoms with E-state index in [1.807, 2.05) is 9.80 Å². The number of ether oxygens (including phenoxy) is 2. The van der Waals surface area contributed by atoms with E-state index in [9.17, 15) is 20.2 Å². The van der Waals surface area contributed by atoms with Crippen LogP contribution in [-0.4, -0.2) is 62.5 Å². The van der Waals surface area contributed by atoms with E-state index < -0.39 is 9.85 Å². The molecule has 10 heteroatoms. The highest BCUT2D eigenvalue weighted by Crippen LogP contribution is 2.49. The number of anilines is 2. The Labute approximate surface area is 186 Å². The Bertz CT molecular complexity index is 890. The summed E-state index contributed by atoms with van der Waals surface area (Å²) in [6.45, 7) is 5.52. The standard InChI is InChI=1S/C22H30N4O6/c27-25(28)18-2-1-17(23-9-3-21(4-10-23)7-13-31-15-21)20(26(29)30)19(18)24-11-5-22(6-12-24)8-14-32-16-22/h1-2H,3-16H2. The van der Waals surface area contributed by atoms with Crippen LogP contribution < -0.4 is 9.80 Å². The van der Waals surface area contributed by atoms with Crippen molar-refractivity contribution in [2.24, 2.45) is 10.8 Å². The van der Waals surface area contributed by atoms with Gasteiger partial charge in [-0.2, -0.15) is 0 Å². The van der Waals surface area contributed by atoms with Gasteiger partial charge in [0.25, 0.3) is 5.69 Å². The van der Waals surface area contributed by atoms with Crippen molar-refractivity contribution in [1.82, 2.24) is 0 Å². The summed E-state index contributed by atoms with van der Waals surface area (Å²) in [6, 6.07) is 3.02. The Kier molecular flexibility index (Phi) is 5.45. The van der Waals surface area contributed by atoms with E-state index in [1.165, 1.54) is 6.07 Å². The van der Waals surface area contributed by atoms with Gasteiger partial charge in [-0.1, -0.05) is 0 Å². The molecule has 0 aliphatic carbocycles. The summed E-state index contributed by atoms with van der Waals surface area (Å²) in [5.41, 5.74) is 0.638. The average Bonchev–Trinajstić information content (AvgIpc) is 3.44. The second kappa shape index (κ2) is 8.15. The van der Waals surface area contributed by atoms with Crippen molar-refractivity contribution in [3.05, 3.63) is 32.4 Å². The lowest BCUT2D eigenvalue weighted by molar-refractivity contribution is -0.392. The number of rotatable bonds is 4. The number of hydrogen-bond acceptors (Lipinski definition) is 8. The van der Waals surface area contributed by atoms with E-state index in [0.717, 1.165) is 58.3 Å². The Morgan fingerprint density at radius 3 is 1.72 bits per heavy atom. The lowest BCUT2D eigenvalue weighted by atomic mass is 9.77. The van der Waals surface area contributed by atoms with Gasteiger partial charge in [0.05, 0.1) is 23.1 Å². The van der Waals surface area contributed by atoms with Crippen LogP contribution in [0.3, 0.4) is 0 Å². The zero-order valence-corrected chi connectivity index (χ0v) is 18.3. The molecular weight excluding hydrogens is 416 g/mol. The van der Waals surface area contributed by atoms with Gasteiger partial charge in [-0.3, -0.25) is 20.2 Å². The summed E-state index contributed by atoms with van der Waals surface area (Å²) in [7, 11) is 0. The minimum absolute atomic E-state index is 0.113. The summed E-state index contributed by atoms with van der Waals surface area (Å²) in [5.74, 6) is 0. The second-order valence-electron chi connectivity index (χ2n) is 9.89. The summed E-state index contributed by atoms with van der Waals surface area (Å²) >= 11 is 0. The van der Waals surface area contributed by atoms with Gasteiger partial charge < -0.3 is 19.3 Å². The third-order valence-corrected chi connectivity index (χ3v) is 8.16. The van der Waals surface area contributed by atoms with Crippen molar-refractivity contribution in [2.75, 3.05) is 62.4 Å². The molecule has 4 aliphatic rings. The molecule has 0 bridgehead atoms. The van der Waals surface area contributed by atoms with Crippen LogP contribution in [0.2, 0.25) is 0 Å². The van der Waals surface area contributed by atoms with Crippen molar-refractivity contribution in [3.8, 4) is 0 Å². The molecule has 0 radical (unpaired) electrons. The molecule has 174 valence electrons. The highest BCUT2D eigenvalue weighted by atomic mass is 16.6. The van der Waals surface area contributed by atoms with E-state index in [4.69, 9.17) is 9.47 Å². The van der Waals surface area contributed by atoms with Gasteiger partial charge in [0, 0.05) is 45.5 Å². The zero-order valence-electron chi connectivity index (χ0n) is 18.3. The van der Waals surface area contributed by atoms with Crippen LogP contribution in [0.4, 0.5) is 22.7 Å². The first-order valence-electron chi connectivity index (χ1n) is 11.5. The van der Waals surface area contributed by atoms with Gasteiger partial charge in [-0.25, -0.2) is 0 Å². The molecule has 4 saturated heterocycles. The van der Waals surface area contributed by atoms with E-state index in [1.54, 1.807) is 6.07 Å². The molecular formula is C22H30N4O6. The summed E-state index contributed by atoms with van der Waals surface area (Å²) in [6.07, 6.45) is 5.53. The fourth-order valence-electron chi connectivity index (χ4n) is 5.97. The Balaban J connectivity index is 1.46. The largest absolute Gasteiger partial charge is 0.381 e. The summed E-state index contributed by atoms with van der Waals surface area (Å²) in [5, 5.41) is 24.1. The predicted octanol–water partition coefficient (Wildman–Crippen LogP) is 3.52. The van der Waals surface area contributed by atoms with Crippen LogP contribution in [0.5, 0.6) is 0 Å². The molecule has 0 unspecified atom stereocenters. The number of benzene rings is 1. The molecule has 4 heterocycles. The van der Waals surface area contributed by atoms with E-state index in [2.05, 4.69) is 0 Å². The monoisotopic (exact) mass is 446 g/mol. The number of nitro benzene ring substituents is 2. The van der Waals surface area contributed by atoms with Crippen LogP contribution in [0.25, 0.3) is 0 Å². The van der Waals surface area contributed by atoms with Gasteiger partial charge in [0.15, 0.2) is 5.69 Å². The van der Waals surface area contributed by atoms with Gasteiger partial charge in [-0.15, -0.1) is 0 Å². The number of hydrogen-bond donors (Lipinski definition) is 0. The molecule has 0 atom stereocenters. The molecule has 0 amide bonds. The van der Waals surface area contributed by atoms with Gasteiger partial charge >= 0.3 is 5.69 Å². The van der Waals surface area contributed by atoms with Crippen molar-refractivity contribution in [3.63, 3.8) is 0 Å². The summed E-state index contributed by atoms with van der Waals surface area (Å²) in [4.78, 5) is 27.1. The average molecular weight is 447 g/mol. The highest BCUT2D eigenvalue weighted by molar-refractivity contribution is 5.85. The van der Waals surface area contributed by atoms with Crippen LogP contribution in [-0.2, 0) is 9.47 Å². The first-order valence-corrected chi connectivity index (χ1v) is 11.5. The van der Waals surface area contributed by atoms with Gasteiger partial charge in [0.1, 0.15) is 5.69 Å². The zero-order chi connectivity index (χ0) is 22.3. The fourth-order valence-corrected chi connectivity index (χ4v) is 5.97. The lowest BCUT2D eigenvalue weighted by Gasteiger charge is -2.40. The molecule has 0 N–H and O–H groups in total. The molecule has 2 spiro atoms. The van der Waals surface area contributed by atoms with Crippen LogP contribution >= 0.6 is 0 Å². The molecule has 0 saturated carbocycles. The maximum Gasteiger partial charge on any atom is 0.322 e. The van der Waals surface area contributed by atoms with Crippen molar-refractivity contribution in [2.45, 2.75) is 38.5 Å². The van der Waals surface area contributed by atoms with Crippen LogP contribution in [0.15, 0.2) is 12.1 Å². The molecule has 32 heavy (non-hydrogen) atoms. The Morgan fingerprint density at radius 2 is 1.28 bits per heavy atom. The van der Waals surface area contributed by atoms with E-state index >= 15 is 0 Å². The number of piperidine rings is 2. The lowest BCUT2D eigenvalue weighted by Crippen LogP contribution is -2.42. The van der Waals surface area contributed by atoms with Gasteiger partial charge in [-0.05, 0) is 55.4 Å². The second-order valence-corrected chi connectivity index (χ2v) is 9.89. The molecule has 5 rings (SSSR count). The third kappa shape index (κ3) is 3.69. The third-order valence-electron chi connectivity index (χ3n) is 8.16. The highest BCUT2D eigenvalue weighted by Gasteiger charge is 2.43.